The van der Waals surface area contributed by atoms with Crippen molar-refractivity contribution >= 4 is 50.3 Å². The van der Waals surface area contributed by atoms with E-state index in [4.69, 9.17) is 30.6 Å². The summed E-state index contributed by atoms with van der Waals surface area (Å²) in [4.78, 5) is 50.8. The van der Waals surface area contributed by atoms with Gasteiger partial charge in [-0.05, 0) is 37.6 Å². The zero-order chi connectivity index (χ0) is 32.4. The molecule has 0 spiro atoms. The van der Waals surface area contributed by atoms with Crippen LogP contribution < -0.4 is 20.9 Å². The maximum absolute atomic E-state index is 13.0. The number of carbonyl (C=O) groups is 2. The highest BCUT2D eigenvalue weighted by Crippen LogP contribution is 2.32. The molecule has 3 heterocycles. The maximum Gasteiger partial charge on any atom is 0.373 e. The first kappa shape index (κ1) is 34.0. The lowest BCUT2D eigenvalue weighted by Crippen LogP contribution is -2.62. The fourth-order valence-corrected chi connectivity index (χ4v) is 5.85. The predicted molar refractivity (Wildman–Crippen MR) is 153 cm³/mol. The number of β-lactam (4-membered cyclic amide) rings is 1. The molecule has 16 nitrogen and oxygen atoms in total. The number of hydrogen-bond donors (Lipinski definition) is 2. The highest BCUT2D eigenvalue weighted by atomic mass is 32.2. The second kappa shape index (κ2) is 15.3. The van der Waals surface area contributed by atoms with Crippen molar-refractivity contribution in [1.82, 2.24) is 14.0 Å². The Balaban J connectivity index is 0.00000169. The Morgan fingerprint density at radius 1 is 1.23 bits per heavy atom. The standard InChI is InChI=1S/C25H31N7O7S2.CO2/c1-16-20(24(34)32(16)41(35,36)37)12-22(33)23(21-15-40-25(27)28-21)29-39-11-10-38-19-6-4-17(5-7-19)18-13-30(2)31(14-18)9-3-8-26;2-1-3/h4-7,13-16,20H,3,8-12,26H2,1-2H3,(H2-,27,28,35,36,37);/b29-23-;/t16-,20-;/m0./s1. The lowest BCUT2D eigenvalue weighted by atomic mass is 9.86. The molecule has 236 valence electrons. The molecule has 1 amide bonds. The number of hydrogen-bond acceptors (Lipinski definition) is 14. The van der Waals surface area contributed by atoms with E-state index < -0.39 is 34.0 Å². The molecule has 4 rings (SSSR count). The van der Waals surface area contributed by atoms with Gasteiger partial charge in [-0.2, -0.15) is 14.3 Å². The number of oxime groups is 1. The SMILES string of the molecule is C[C@H]1[C@H](CC(=O)/C(=N\OCCOc2ccc(-c3cn(CCCN)[n+](C)c3)cc2)c2csc(N)n2)C(=O)N1S(=O)(=O)[O-].O=C=O. The van der Waals surface area contributed by atoms with Crippen molar-refractivity contribution in [3.63, 3.8) is 0 Å². The summed E-state index contributed by atoms with van der Waals surface area (Å²) in [5.74, 6) is -1.90. The van der Waals surface area contributed by atoms with Crippen molar-refractivity contribution in [3.8, 4) is 16.9 Å². The smallest absolute Gasteiger partial charge is 0.373 e. The van der Waals surface area contributed by atoms with Crippen LogP contribution in [0.25, 0.3) is 11.1 Å². The van der Waals surface area contributed by atoms with Crippen LogP contribution in [0, 0.1) is 5.92 Å². The number of nitrogens with zero attached hydrogens (tertiary/aromatic N) is 5. The molecule has 0 saturated carbocycles. The fraction of sp³-hybridized carbons (Fsp3) is 0.385. The van der Waals surface area contributed by atoms with Gasteiger partial charge >= 0.3 is 6.15 Å². The Hall–Kier alpha value is -4.48. The van der Waals surface area contributed by atoms with Gasteiger partial charge in [0, 0.05) is 11.8 Å². The zero-order valence-electron chi connectivity index (χ0n) is 23.8. The molecule has 0 radical (unpaired) electrons. The third kappa shape index (κ3) is 8.55. The molecule has 1 saturated heterocycles. The number of amides is 1. The summed E-state index contributed by atoms with van der Waals surface area (Å²) in [5, 5.41) is 5.62. The Bertz CT molecular complexity index is 1630. The summed E-state index contributed by atoms with van der Waals surface area (Å²) < 4.78 is 43.8. The molecule has 1 aromatic carbocycles. The molecule has 1 fully saturated rings. The van der Waals surface area contributed by atoms with Crippen LogP contribution in [0.1, 0.15) is 25.5 Å². The van der Waals surface area contributed by atoms with Gasteiger partial charge in [-0.15, -0.1) is 16.0 Å². The Labute approximate surface area is 256 Å². The van der Waals surface area contributed by atoms with Gasteiger partial charge in [-0.1, -0.05) is 17.3 Å². The van der Waals surface area contributed by atoms with Crippen LogP contribution in [0.2, 0.25) is 0 Å². The van der Waals surface area contributed by atoms with Crippen molar-refractivity contribution in [3.05, 3.63) is 47.7 Å². The number of carbonyl (C=O) groups excluding carboxylic acids is 4. The van der Waals surface area contributed by atoms with Crippen molar-refractivity contribution in [2.45, 2.75) is 32.4 Å². The largest absolute Gasteiger partial charge is 0.731 e. The Morgan fingerprint density at radius 2 is 1.91 bits per heavy atom. The van der Waals surface area contributed by atoms with Crippen LogP contribution in [0.5, 0.6) is 5.75 Å². The number of nitrogens with two attached hydrogens (primary N) is 2. The second-order valence-corrected chi connectivity index (χ2v) is 11.6. The molecule has 0 bridgehead atoms. The van der Waals surface area contributed by atoms with E-state index in [1.165, 1.54) is 12.3 Å². The van der Waals surface area contributed by atoms with E-state index in [2.05, 4.69) is 21.0 Å². The quantitative estimate of drug-likeness (QED) is 0.0579. The first-order chi connectivity index (χ1) is 20.9. The normalized spacial score (nSPS) is 16.4. The second-order valence-electron chi connectivity index (χ2n) is 9.46. The van der Waals surface area contributed by atoms with Gasteiger partial charge in [-0.25, -0.2) is 17.7 Å². The minimum absolute atomic E-state index is 0.00105. The van der Waals surface area contributed by atoms with E-state index in [1.54, 1.807) is 0 Å². The van der Waals surface area contributed by atoms with E-state index in [-0.39, 0.29) is 46.6 Å². The molecule has 44 heavy (non-hydrogen) atoms. The van der Waals surface area contributed by atoms with Crippen molar-refractivity contribution < 1.29 is 46.4 Å². The number of Topliss-reactive ketones (excluding diaryl/α,β-unsaturated/α-hetero) is 1. The van der Waals surface area contributed by atoms with Gasteiger partial charge in [0.2, 0.25) is 12.1 Å². The third-order valence-electron chi connectivity index (χ3n) is 6.56. The minimum Gasteiger partial charge on any atom is -0.731 e. The van der Waals surface area contributed by atoms with Gasteiger partial charge < -0.3 is 25.6 Å². The van der Waals surface area contributed by atoms with Crippen LogP contribution in [0.3, 0.4) is 0 Å². The summed E-state index contributed by atoms with van der Waals surface area (Å²) in [7, 11) is -2.97. The molecule has 2 atom stereocenters. The van der Waals surface area contributed by atoms with Gasteiger partial charge in [-0.3, -0.25) is 9.59 Å². The number of benzene rings is 1. The van der Waals surface area contributed by atoms with Crippen LogP contribution in [-0.4, -0.2) is 76.3 Å². The third-order valence-corrected chi connectivity index (χ3v) is 8.23. The Morgan fingerprint density at radius 3 is 2.48 bits per heavy atom. The topological polar surface area (TPSA) is 233 Å². The summed E-state index contributed by atoms with van der Waals surface area (Å²) in [6.07, 6.45) is 4.87. The molecular weight excluding hydrogens is 618 g/mol. The number of thiazole rings is 1. The van der Waals surface area contributed by atoms with Crippen LogP contribution >= 0.6 is 11.3 Å². The zero-order valence-corrected chi connectivity index (χ0v) is 25.5. The van der Waals surface area contributed by atoms with Gasteiger partial charge in [0.15, 0.2) is 40.6 Å². The molecule has 1 aliphatic heterocycles. The average molecular weight is 650 g/mol. The lowest BCUT2D eigenvalue weighted by molar-refractivity contribution is -0.753. The van der Waals surface area contributed by atoms with Crippen molar-refractivity contribution in [2.75, 3.05) is 25.5 Å². The molecule has 1 aliphatic rings. The van der Waals surface area contributed by atoms with E-state index in [1.807, 2.05) is 42.2 Å². The number of ketones is 1. The van der Waals surface area contributed by atoms with Crippen LogP contribution in [-0.2, 0) is 47.9 Å². The molecule has 0 unspecified atom stereocenters. The number of anilines is 1. The fourth-order valence-electron chi connectivity index (χ4n) is 4.39. The summed E-state index contributed by atoms with van der Waals surface area (Å²) in [6, 6.07) is 6.62. The first-order valence-electron chi connectivity index (χ1n) is 13.1. The first-order valence-corrected chi connectivity index (χ1v) is 15.4. The van der Waals surface area contributed by atoms with Crippen LogP contribution in [0.15, 0.2) is 47.2 Å². The summed E-state index contributed by atoms with van der Waals surface area (Å²) in [5.41, 5.74) is 13.4. The highest BCUT2D eigenvalue weighted by Gasteiger charge is 2.49. The van der Waals surface area contributed by atoms with E-state index in [9.17, 15) is 22.6 Å². The lowest BCUT2D eigenvalue weighted by Gasteiger charge is -2.45. The average Bonchev–Trinajstić information content (AvgIpc) is 3.57. The number of rotatable bonds is 14. The predicted octanol–water partition coefficient (Wildman–Crippen LogP) is -0.150. The molecule has 4 N–H and O–H groups in total. The van der Waals surface area contributed by atoms with Crippen molar-refractivity contribution in [2.24, 2.45) is 23.9 Å². The van der Waals surface area contributed by atoms with Gasteiger partial charge in [0.25, 0.3) is 0 Å². The molecule has 0 aliphatic carbocycles. The minimum atomic E-state index is -4.95. The van der Waals surface area contributed by atoms with Crippen molar-refractivity contribution in [1.29, 1.82) is 0 Å². The maximum atomic E-state index is 13.0. The molecular formula is C26H31N7O9S2. The highest BCUT2D eigenvalue weighted by molar-refractivity contribution is 7.84. The molecule has 2 aromatic heterocycles. The van der Waals surface area contributed by atoms with E-state index in [0.717, 1.165) is 35.4 Å². The summed E-state index contributed by atoms with van der Waals surface area (Å²) >= 11 is 1.09. The van der Waals surface area contributed by atoms with E-state index in [0.29, 0.717) is 12.3 Å². The van der Waals surface area contributed by atoms with Gasteiger partial charge in [0.1, 0.15) is 18.1 Å². The number of aryl methyl sites for hydroxylation is 2. The van der Waals surface area contributed by atoms with E-state index >= 15 is 0 Å². The summed E-state index contributed by atoms with van der Waals surface area (Å²) in [6.45, 7) is 2.97. The number of ether oxygens (including phenoxy) is 1. The number of aromatic nitrogens is 3. The monoisotopic (exact) mass is 649 g/mol. The van der Waals surface area contributed by atoms with Gasteiger partial charge in [0.05, 0.1) is 30.3 Å². The Kier molecular flexibility index (Phi) is 11.8. The molecule has 3 aromatic rings. The van der Waals surface area contributed by atoms with Crippen LogP contribution in [0.4, 0.5) is 5.13 Å². The molecule has 18 heteroatoms. The number of nitrogen functional groups attached to an aromatic ring is 1.